The first-order valence-corrected chi connectivity index (χ1v) is 11.0. The van der Waals surface area contributed by atoms with Crippen molar-refractivity contribution in [1.29, 1.82) is 0 Å². The quantitative estimate of drug-likeness (QED) is 0.483. The normalized spacial score (nSPS) is 13.8. The first kappa shape index (κ1) is 17.8. The maximum atomic E-state index is 13.6. The number of hydrogen-bond acceptors (Lipinski definition) is 5. The lowest BCUT2D eigenvalue weighted by Crippen LogP contribution is -2.24. The molecular weight excluding hydrogens is 388 g/mol. The second-order valence-electron chi connectivity index (χ2n) is 7.15. The number of hydrogen-bond donors (Lipinski definition) is 0. The molecule has 0 unspecified atom stereocenters. The topological polar surface area (TPSA) is 44.1 Å². The second-order valence-corrected chi connectivity index (χ2v) is 9.49. The Morgan fingerprint density at radius 3 is 2.75 bits per heavy atom. The summed E-state index contributed by atoms with van der Waals surface area (Å²) < 4.78 is 7.45. The van der Waals surface area contributed by atoms with Crippen molar-refractivity contribution in [2.45, 2.75) is 33.4 Å². The second kappa shape index (κ2) is 6.95. The number of thiophene rings is 2. The molecule has 0 fully saturated rings. The van der Waals surface area contributed by atoms with Gasteiger partial charge in [-0.15, -0.1) is 22.7 Å². The van der Waals surface area contributed by atoms with Gasteiger partial charge in [-0.2, -0.15) is 0 Å². The Bertz CT molecular complexity index is 1220. The number of aryl methyl sites for hydroxylation is 2. The fourth-order valence-electron chi connectivity index (χ4n) is 3.69. The molecule has 4 aromatic rings. The smallest absolute Gasteiger partial charge is 0.263 e. The van der Waals surface area contributed by atoms with E-state index in [2.05, 4.69) is 32.0 Å². The fourth-order valence-corrected chi connectivity index (χ4v) is 5.87. The van der Waals surface area contributed by atoms with Crippen LogP contribution in [0.1, 0.15) is 26.4 Å². The Kier molecular flexibility index (Phi) is 4.42. The zero-order valence-electron chi connectivity index (χ0n) is 15.8. The van der Waals surface area contributed by atoms with Crippen LogP contribution in [-0.4, -0.2) is 16.2 Å². The zero-order chi connectivity index (χ0) is 19.3. The van der Waals surface area contributed by atoms with E-state index in [-0.39, 0.29) is 5.56 Å². The van der Waals surface area contributed by atoms with E-state index >= 15 is 0 Å². The van der Waals surface area contributed by atoms with Gasteiger partial charge in [0, 0.05) is 9.75 Å². The van der Waals surface area contributed by atoms with Crippen molar-refractivity contribution in [3.8, 4) is 10.7 Å². The average Bonchev–Trinajstić information content (AvgIpc) is 3.24. The van der Waals surface area contributed by atoms with Gasteiger partial charge < -0.3 is 4.74 Å². The maximum absolute atomic E-state index is 13.6. The highest BCUT2D eigenvalue weighted by atomic mass is 32.1. The summed E-state index contributed by atoms with van der Waals surface area (Å²) in [5.74, 6) is 0.766. The van der Waals surface area contributed by atoms with E-state index in [0.29, 0.717) is 19.8 Å². The molecule has 1 aromatic carbocycles. The number of rotatable bonds is 3. The predicted octanol–water partition coefficient (Wildman–Crippen LogP) is 4.92. The minimum atomic E-state index is 0.0620. The monoisotopic (exact) mass is 408 g/mol. The lowest BCUT2D eigenvalue weighted by Gasteiger charge is -2.13. The van der Waals surface area contributed by atoms with E-state index in [0.717, 1.165) is 43.3 Å². The van der Waals surface area contributed by atoms with Crippen LogP contribution in [0.15, 0.2) is 41.2 Å². The SMILES string of the molecule is Cc1cc(-c2nc3sc4c(c3c(=O)n2Cc2ccccc2)CCOC4)sc1C. The molecule has 0 spiro atoms. The molecule has 0 radical (unpaired) electrons. The summed E-state index contributed by atoms with van der Waals surface area (Å²) >= 11 is 3.31. The van der Waals surface area contributed by atoms with Gasteiger partial charge in [0.1, 0.15) is 4.83 Å². The standard InChI is InChI=1S/C22H20N2O2S2/c1-13-10-17(27-14(13)2)20-23-21-19(16-8-9-26-12-18(16)28-21)22(25)24(20)11-15-6-4-3-5-7-15/h3-7,10H,8-9,11-12H2,1-2H3. The van der Waals surface area contributed by atoms with Crippen LogP contribution in [0.2, 0.25) is 0 Å². The first-order valence-electron chi connectivity index (χ1n) is 9.36. The van der Waals surface area contributed by atoms with Crippen LogP contribution in [0, 0.1) is 13.8 Å². The van der Waals surface area contributed by atoms with Gasteiger partial charge in [-0.25, -0.2) is 4.98 Å². The molecule has 4 heterocycles. The van der Waals surface area contributed by atoms with Gasteiger partial charge in [-0.1, -0.05) is 30.3 Å². The van der Waals surface area contributed by atoms with E-state index in [1.807, 2.05) is 22.8 Å². The Morgan fingerprint density at radius 1 is 1.18 bits per heavy atom. The van der Waals surface area contributed by atoms with Crippen LogP contribution in [0.25, 0.3) is 20.9 Å². The third-order valence-electron chi connectivity index (χ3n) is 5.29. The van der Waals surface area contributed by atoms with Crippen LogP contribution in [0.5, 0.6) is 0 Å². The zero-order valence-corrected chi connectivity index (χ0v) is 17.5. The number of aromatic nitrogens is 2. The minimum Gasteiger partial charge on any atom is -0.376 e. The molecule has 142 valence electrons. The van der Waals surface area contributed by atoms with E-state index in [4.69, 9.17) is 9.72 Å². The summed E-state index contributed by atoms with van der Waals surface area (Å²) in [5.41, 5.74) is 3.53. The van der Waals surface area contributed by atoms with E-state index in [9.17, 15) is 4.79 Å². The fraction of sp³-hybridized carbons (Fsp3) is 0.273. The molecule has 28 heavy (non-hydrogen) atoms. The van der Waals surface area contributed by atoms with E-state index in [1.54, 1.807) is 22.7 Å². The molecular formula is C22H20N2O2S2. The highest BCUT2D eigenvalue weighted by molar-refractivity contribution is 7.19. The van der Waals surface area contributed by atoms with Gasteiger partial charge >= 0.3 is 0 Å². The number of nitrogens with zero attached hydrogens (tertiary/aromatic N) is 2. The maximum Gasteiger partial charge on any atom is 0.263 e. The van der Waals surface area contributed by atoms with Gasteiger partial charge in [-0.3, -0.25) is 9.36 Å². The Hall–Kier alpha value is -2.28. The van der Waals surface area contributed by atoms with Crippen molar-refractivity contribution in [2.24, 2.45) is 0 Å². The molecule has 1 aliphatic rings. The summed E-state index contributed by atoms with van der Waals surface area (Å²) in [6, 6.07) is 12.3. The van der Waals surface area contributed by atoms with Crippen molar-refractivity contribution in [3.05, 3.63) is 73.2 Å². The van der Waals surface area contributed by atoms with Crippen LogP contribution in [-0.2, 0) is 24.3 Å². The van der Waals surface area contributed by atoms with Gasteiger partial charge in [0.05, 0.1) is 30.0 Å². The minimum absolute atomic E-state index is 0.0620. The van der Waals surface area contributed by atoms with Crippen molar-refractivity contribution in [1.82, 2.24) is 9.55 Å². The van der Waals surface area contributed by atoms with Crippen LogP contribution in [0.3, 0.4) is 0 Å². The van der Waals surface area contributed by atoms with Gasteiger partial charge in [0.2, 0.25) is 0 Å². The van der Waals surface area contributed by atoms with Gasteiger partial charge in [0.15, 0.2) is 5.82 Å². The van der Waals surface area contributed by atoms with Crippen molar-refractivity contribution in [2.75, 3.05) is 6.61 Å². The number of fused-ring (bicyclic) bond motifs is 3. The molecule has 0 amide bonds. The molecule has 0 atom stereocenters. The molecule has 0 saturated carbocycles. The van der Waals surface area contributed by atoms with Gasteiger partial charge in [0.25, 0.3) is 5.56 Å². The molecule has 1 aliphatic heterocycles. The Labute approximate surface area is 171 Å². The summed E-state index contributed by atoms with van der Waals surface area (Å²) in [6.07, 6.45) is 0.786. The van der Waals surface area contributed by atoms with Crippen LogP contribution >= 0.6 is 22.7 Å². The van der Waals surface area contributed by atoms with Crippen LogP contribution in [0.4, 0.5) is 0 Å². The van der Waals surface area contributed by atoms with Crippen molar-refractivity contribution in [3.63, 3.8) is 0 Å². The molecule has 0 N–H and O–H groups in total. The lowest BCUT2D eigenvalue weighted by molar-refractivity contribution is 0.114. The molecule has 6 heteroatoms. The average molecular weight is 409 g/mol. The summed E-state index contributed by atoms with van der Waals surface area (Å²) in [4.78, 5) is 22.9. The summed E-state index contributed by atoms with van der Waals surface area (Å²) in [7, 11) is 0. The molecule has 3 aromatic heterocycles. The Balaban J connectivity index is 1.78. The van der Waals surface area contributed by atoms with E-state index in [1.165, 1.54) is 10.4 Å². The van der Waals surface area contributed by atoms with Gasteiger partial charge in [-0.05, 0) is 43.0 Å². The molecule has 0 saturated heterocycles. The summed E-state index contributed by atoms with van der Waals surface area (Å²) in [6.45, 7) is 6.00. The predicted molar refractivity (Wildman–Crippen MR) is 116 cm³/mol. The highest BCUT2D eigenvalue weighted by Crippen LogP contribution is 2.35. The summed E-state index contributed by atoms with van der Waals surface area (Å²) in [5, 5.41) is 0.785. The Morgan fingerprint density at radius 2 is 2.00 bits per heavy atom. The molecule has 5 rings (SSSR count). The molecule has 4 nitrogen and oxygen atoms in total. The third-order valence-corrected chi connectivity index (χ3v) is 7.54. The van der Waals surface area contributed by atoms with Crippen molar-refractivity contribution >= 4 is 32.9 Å². The first-order chi connectivity index (χ1) is 13.6. The molecule has 0 bridgehead atoms. The largest absolute Gasteiger partial charge is 0.376 e. The third kappa shape index (κ3) is 2.92. The highest BCUT2D eigenvalue weighted by Gasteiger charge is 2.23. The molecule has 0 aliphatic carbocycles. The number of ether oxygens (including phenoxy) is 1. The van der Waals surface area contributed by atoms with E-state index < -0.39 is 0 Å². The van der Waals surface area contributed by atoms with Crippen molar-refractivity contribution < 1.29 is 4.74 Å². The lowest BCUT2D eigenvalue weighted by atomic mass is 10.1. The van der Waals surface area contributed by atoms with Crippen LogP contribution < -0.4 is 5.56 Å². The number of benzene rings is 1.